The fraction of sp³-hybridized carbons (Fsp3) is 0.312. The number of nitrogens with zero attached hydrogens (tertiary/aromatic N) is 1. The Kier molecular flexibility index (Phi) is 4.92. The lowest BCUT2D eigenvalue weighted by Crippen LogP contribution is -2.44. The molecule has 1 heterocycles. The Hall–Kier alpha value is -2.21. The Balaban J connectivity index is 2.13. The van der Waals surface area contributed by atoms with Gasteiger partial charge in [0.1, 0.15) is 6.04 Å². The number of hydrogen-bond acceptors (Lipinski definition) is 4. The number of aliphatic carboxylic acids is 1. The van der Waals surface area contributed by atoms with Crippen molar-refractivity contribution in [3.8, 4) is 11.3 Å². The summed E-state index contributed by atoms with van der Waals surface area (Å²) < 4.78 is 0. The highest BCUT2D eigenvalue weighted by Crippen LogP contribution is 2.21. The van der Waals surface area contributed by atoms with Crippen molar-refractivity contribution in [2.24, 2.45) is 5.92 Å². The van der Waals surface area contributed by atoms with E-state index in [-0.39, 0.29) is 11.8 Å². The van der Waals surface area contributed by atoms with E-state index in [1.807, 2.05) is 24.4 Å². The number of hydrogen-bond donors (Lipinski definition) is 2. The van der Waals surface area contributed by atoms with Crippen LogP contribution in [-0.2, 0) is 4.79 Å². The van der Waals surface area contributed by atoms with Crippen LogP contribution < -0.4 is 5.32 Å². The molecule has 0 aliphatic carbocycles. The van der Waals surface area contributed by atoms with Crippen molar-refractivity contribution in [3.05, 3.63) is 40.2 Å². The molecule has 0 unspecified atom stereocenters. The van der Waals surface area contributed by atoms with Crippen molar-refractivity contribution in [2.45, 2.75) is 26.8 Å². The molecule has 0 saturated heterocycles. The van der Waals surface area contributed by atoms with Crippen LogP contribution in [0.2, 0.25) is 0 Å². The van der Waals surface area contributed by atoms with Gasteiger partial charge in [-0.25, -0.2) is 9.78 Å². The number of carbonyl (C=O) groups is 2. The lowest BCUT2D eigenvalue weighted by atomic mass is 10.0. The second-order valence-corrected chi connectivity index (χ2v) is 6.42. The summed E-state index contributed by atoms with van der Waals surface area (Å²) in [5.74, 6) is -1.60. The van der Waals surface area contributed by atoms with Gasteiger partial charge in [0.15, 0.2) is 0 Å². The summed E-state index contributed by atoms with van der Waals surface area (Å²) in [6.07, 6.45) is 0. The van der Waals surface area contributed by atoms with E-state index in [2.05, 4.69) is 10.3 Å². The minimum absolute atomic E-state index is 0.182. The quantitative estimate of drug-likeness (QED) is 0.888. The molecule has 5 nitrogen and oxygen atoms in total. The third kappa shape index (κ3) is 3.71. The lowest BCUT2D eigenvalue weighted by molar-refractivity contribution is -0.140. The molecular formula is C16H18N2O3S. The normalized spacial score (nSPS) is 12.2. The zero-order chi connectivity index (χ0) is 16.3. The molecule has 1 atom stereocenters. The zero-order valence-corrected chi connectivity index (χ0v) is 13.5. The fourth-order valence-electron chi connectivity index (χ4n) is 2.03. The van der Waals surface area contributed by atoms with Crippen molar-refractivity contribution < 1.29 is 14.7 Å². The topological polar surface area (TPSA) is 79.3 Å². The summed E-state index contributed by atoms with van der Waals surface area (Å²) in [4.78, 5) is 27.6. The van der Waals surface area contributed by atoms with Crippen LogP contribution in [0.3, 0.4) is 0 Å². The number of carboxylic acid groups (broad SMARTS) is 1. The Morgan fingerprint density at radius 2 is 1.86 bits per heavy atom. The van der Waals surface area contributed by atoms with Crippen LogP contribution in [0.25, 0.3) is 11.3 Å². The summed E-state index contributed by atoms with van der Waals surface area (Å²) >= 11 is 1.57. The van der Waals surface area contributed by atoms with Gasteiger partial charge in [0.25, 0.3) is 5.91 Å². The predicted octanol–water partition coefficient (Wildman–Crippen LogP) is 2.96. The maximum atomic E-state index is 12.1. The van der Waals surface area contributed by atoms with E-state index in [4.69, 9.17) is 5.11 Å². The number of benzene rings is 1. The Morgan fingerprint density at radius 1 is 1.23 bits per heavy atom. The summed E-state index contributed by atoms with van der Waals surface area (Å²) in [5, 5.41) is 14.6. The first-order valence-corrected chi connectivity index (χ1v) is 7.82. The first-order valence-electron chi connectivity index (χ1n) is 6.94. The van der Waals surface area contributed by atoms with Crippen LogP contribution in [0.15, 0.2) is 29.6 Å². The standard InChI is InChI=1S/C16H18N2O3S/c1-9(2)14(16(20)21)18-15(19)12-6-4-11(5-7-12)13-8-22-10(3)17-13/h4-9,14H,1-3H3,(H,18,19)(H,20,21)/t14-/m1/s1. The fourth-order valence-corrected chi connectivity index (χ4v) is 2.65. The predicted molar refractivity (Wildman–Crippen MR) is 86.0 cm³/mol. The van der Waals surface area contributed by atoms with E-state index < -0.39 is 12.0 Å². The van der Waals surface area contributed by atoms with Gasteiger partial charge in [-0.2, -0.15) is 0 Å². The van der Waals surface area contributed by atoms with Crippen LogP contribution in [-0.4, -0.2) is 28.0 Å². The molecule has 116 valence electrons. The Labute approximate surface area is 133 Å². The second kappa shape index (κ2) is 6.70. The molecule has 0 radical (unpaired) electrons. The van der Waals surface area contributed by atoms with E-state index in [0.29, 0.717) is 5.56 Å². The molecule has 2 aromatic rings. The number of carboxylic acids is 1. The maximum Gasteiger partial charge on any atom is 0.326 e. The van der Waals surface area contributed by atoms with Gasteiger partial charge < -0.3 is 10.4 Å². The third-order valence-corrected chi connectivity index (χ3v) is 4.05. The molecule has 6 heteroatoms. The molecule has 22 heavy (non-hydrogen) atoms. The number of rotatable bonds is 5. The molecule has 0 fully saturated rings. The van der Waals surface area contributed by atoms with Crippen LogP contribution >= 0.6 is 11.3 Å². The highest BCUT2D eigenvalue weighted by molar-refractivity contribution is 7.09. The Bertz CT molecular complexity index is 677. The van der Waals surface area contributed by atoms with Crippen LogP contribution in [0, 0.1) is 12.8 Å². The van der Waals surface area contributed by atoms with E-state index >= 15 is 0 Å². The number of thiazole rings is 1. The van der Waals surface area contributed by atoms with Gasteiger partial charge in [-0.1, -0.05) is 26.0 Å². The molecule has 1 aromatic heterocycles. The van der Waals surface area contributed by atoms with Gasteiger partial charge in [0.2, 0.25) is 0 Å². The average Bonchev–Trinajstić information content (AvgIpc) is 2.90. The van der Waals surface area contributed by atoms with Gasteiger partial charge >= 0.3 is 5.97 Å². The van der Waals surface area contributed by atoms with Gasteiger partial charge in [0, 0.05) is 16.5 Å². The largest absolute Gasteiger partial charge is 0.480 e. The average molecular weight is 318 g/mol. The van der Waals surface area contributed by atoms with Crippen molar-refractivity contribution in [3.63, 3.8) is 0 Å². The summed E-state index contributed by atoms with van der Waals surface area (Å²) in [5.41, 5.74) is 2.24. The SMILES string of the molecule is Cc1nc(-c2ccc(C(=O)N[C@@H](C(=O)O)C(C)C)cc2)cs1. The smallest absolute Gasteiger partial charge is 0.326 e. The third-order valence-electron chi connectivity index (χ3n) is 3.28. The van der Waals surface area contributed by atoms with Gasteiger partial charge in [-0.05, 0) is 25.0 Å². The second-order valence-electron chi connectivity index (χ2n) is 5.36. The molecule has 1 amide bonds. The minimum Gasteiger partial charge on any atom is -0.480 e. The van der Waals surface area contributed by atoms with Crippen molar-refractivity contribution in [1.82, 2.24) is 10.3 Å². The summed E-state index contributed by atoms with van der Waals surface area (Å²) in [7, 11) is 0. The van der Waals surface area contributed by atoms with Crippen LogP contribution in [0.5, 0.6) is 0 Å². The molecular weight excluding hydrogens is 300 g/mol. The number of aromatic nitrogens is 1. The lowest BCUT2D eigenvalue weighted by Gasteiger charge is -2.17. The van der Waals surface area contributed by atoms with E-state index in [1.165, 1.54) is 0 Å². The molecule has 0 aliphatic rings. The van der Waals surface area contributed by atoms with Crippen LogP contribution in [0.1, 0.15) is 29.2 Å². The molecule has 0 saturated carbocycles. The molecule has 2 rings (SSSR count). The van der Waals surface area contributed by atoms with Crippen molar-refractivity contribution in [1.29, 1.82) is 0 Å². The highest BCUT2D eigenvalue weighted by atomic mass is 32.1. The van der Waals surface area contributed by atoms with Crippen LogP contribution in [0.4, 0.5) is 0 Å². The van der Waals surface area contributed by atoms with Crippen molar-refractivity contribution >= 4 is 23.2 Å². The molecule has 0 spiro atoms. The number of amides is 1. The van der Waals surface area contributed by atoms with Crippen molar-refractivity contribution in [2.75, 3.05) is 0 Å². The van der Waals surface area contributed by atoms with E-state index in [9.17, 15) is 9.59 Å². The summed E-state index contributed by atoms with van der Waals surface area (Å²) in [6, 6.07) is 6.09. The monoisotopic (exact) mass is 318 g/mol. The molecule has 0 aliphatic heterocycles. The van der Waals surface area contributed by atoms with E-state index in [0.717, 1.165) is 16.3 Å². The Morgan fingerprint density at radius 3 is 2.32 bits per heavy atom. The number of aryl methyl sites for hydroxylation is 1. The molecule has 1 aromatic carbocycles. The number of nitrogens with one attached hydrogen (secondary N) is 1. The zero-order valence-electron chi connectivity index (χ0n) is 12.7. The van der Waals surface area contributed by atoms with Gasteiger partial charge in [-0.15, -0.1) is 11.3 Å². The minimum atomic E-state index is -1.03. The molecule has 2 N–H and O–H groups in total. The molecule has 0 bridgehead atoms. The summed E-state index contributed by atoms with van der Waals surface area (Å²) in [6.45, 7) is 5.45. The number of carbonyl (C=O) groups excluding carboxylic acids is 1. The van der Waals surface area contributed by atoms with E-state index in [1.54, 1.807) is 37.3 Å². The first-order chi connectivity index (χ1) is 10.4. The van der Waals surface area contributed by atoms with Gasteiger partial charge in [-0.3, -0.25) is 4.79 Å². The van der Waals surface area contributed by atoms with Gasteiger partial charge in [0.05, 0.1) is 10.7 Å². The maximum absolute atomic E-state index is 12.1. The highest BCUT2D eigenvalue weighted by Gasteiger charge is 2.23. The first kappa shape index (κ1) is 16.2.